The van der Waals surface area contributed by atoms with E-state index in [4.69, 9.17) is 14.0 Å². The van der Waals surface area contributed by atoms with Crippen molar-refractivity contribution < 1.29 is 28.4 Å². The topological polar surface area (TPSA) is 187 Å². The molecule has 3 aliphatic rings. The molecule has 2 aromatic carbocycles. The molecule has 2 N–H and O–H groups in total. The number of hydrogen-bond acceptors (Lipinski definition) is 12. The Morgan fingerprint density at radius 1 is 1.03 bits per heavy atom. The molecule has 3 aliphatic heterocycles. The molecule has 312 valence electrons. The summed E-state index contributed by atoms with van der Waals surface area (Å²) >= 11 is 0. The minimum absolute atomic E-state index is 0.0132. The zero-order chi connectivity index (χ0) is 41.5. The SMILES string of the molecule is Cn1nc(N2CCC(=O)NC2=O)c2ccc(C3CCN(CCCOc4cc5c(-c6ccc7c(c6)OCCCC7NC(=O)c6noc(C(C)(C)C)n6)ncnn5c4)CC3)cc21. The summed E-state index contributed by atoms with van der Waals surface area (Å²) in [6.45, 7) is 10.2. The highest BCUT2D eigenvalue weighted by atomic mass is 16.5. The van der Waals surface area contributed by atoms with Gasteiger partial charge in [-0.2, -0.15) is 15.2 Å². The van der Waals surface area contributed by atoms with Crippen molar-refractivity contribution >= 4 is 40.1 Å². The number of carbonyl (C=O) groups is 3. The van der Waals surface area contributed by atoms with Crippen molar-refractivity contribution in [2.75, 3.05) is 44.3 Å². The zero-order valence-electron chi connectivity index (χ0n) is 34.3. The van der Waals surface area contributed by atoms with E-state index in [9.17, 15) is 14.4 Å². The second kappa shape index (κ2) is 16.0. The van der Waals surface area contributed by atoms with Crippen LogP contribution in [-0.2, 0) is 17.3 Å². The molecule has 1 atom stereocenters. The second-order valence-corrected chi connectivity index (χ2v) is 16.9. The van der Waals surface area contributed by atoms with Gasteiger partial charge in [-0.05, 0) is 74.9 Å². The zero-order valence-corrected chi connectivity index (χ0v) is 34.3. The lowest BCUT2D eigenvalue weighted by Gasteiger charge is -2.32. The molecule has 60 heavy (non-hydrogen) atoms. The highest BCUT2D eigenvalue weighted by molar-refractivity contribution is 6.08. The molecule has 2 saturated heterocycles. The van der Waals surface area contributed by atoms with Gasteiger partial charge in [-0.25, -0.2) is 14.3 Å². The van der Waals surface area contributed by atoms with E-state index in [1.54, 1.807) is 9.42 Å². The van der Waals surface area contributed by atoms with Gasteiger partial charge in [-0.3, -0.25) is 24.5 Å². The number of fused-ring (bicyclic) bond motifs is 3. The molecule has 2 fully saturated rings. The van der Waals surface area contributed by atoms with Crippen LogP contribution in [0.3, 0.4) is 0 Å². The number of anilines is 1. The van der Waals surface area contributed by atoms with Crippen molar-refractivity contribution in [3.63, 3.8) is 0 Å². The monoisotopic (exact) mass is 815 g/mol. The van der Waals surface area contributed by atoms with Crippen LogP contribution in [-0.4, -0.2) is 96.7 Å². The van der Waals surface area contributed by atoms with Crippen LogP contribution in [0, 0.1) is 0 Å². The lowest BCUT2D eigenvalue weighted by atomic mass is 9.89. The van der Waals surface area contributed by atoms with Crippen molar-refractivity contribution in [2.45, 2.75) is 76.7 Å². The number of piperidine rings is 1. The molecular formula is C43H49N11O6. The maximum absolute atomic E-state index is 13.2. The van der Waals surface area contributed by atoms with Crippen molar-refractivity contribution in [1.29, 1.82) is 0 Å². The molecule has 6 aromatic rings. The van der Waals surface area contributed by atoms with Gasteiger partial charge >= 0.3 is 6.03 Å². The fraction of sp³-hybridized carbons (Fsp3) is 0.442. The first kappa shape index (κ1) is 39.1. The number of aryl methyl sites for hydroxylation is 1. The molecule has 0 spiro atoms. The van der Waals surface area contributed by atoms with Gasteiger partial charge in [0.1, 0.15) is 17.8 Å². The fourth-order valence-corrected chi connectivity index (χ4v) is 8.36. The third-order valence-corrected chi connectivity index (χ3v) is 11.6. The number of nitrogens with one attached hydrogen (secondary N) is 2. The van der Waals surface area contributed by atoms with Crippen LogP contribution in [0.1, 0.15) is 98.9 Å². The molecule has 0 radical (unpaired) electrons. The van der Waals surface area contributed by atoms with Gasteiger partial charge in [0.05, 0.1) is 42.2 Å². The summed E-state index contributed by atoms with van der Waals surface area (Å²) in [5, 5.41) is 19.4. The number of imide groups is 1. The van der Waals surface area contributed by atoms with Crippen molar-refractivity contribution in [1.82, 2.24) is 50.1 Å². The Bertz CT molecular complexity index is 2580. The number of nitrogens with zero attached hydrogens (tertiary/aromatic N) is 9. The molecule has 7 heterocycles. The van der Waals surface area contributed by atoms with E-state index in [1.165, 1.54) is 11.9 Å². The van der Waals surface area contributed by atoms with Crippen LogP contribution in [0.2, 0.25) is 0 Å². The number of carbonyl (C=O) groups excluding carboxylic acids is 3. The van der Waals surface area contributed by atoms with Crippen molar-refractivity contribution in [3.8, 4) is 22.8 Å². The quantitative estimate of drug-likeness (QED) is 0.161. The maximum Gasteiger partial charge on any atom is 0.329 e. The lowest BCUT2D eigenvalue weighted by molar-refractivity contribution is -0.120. The van der Waals surface area contributed by atoms with Crippen LogP contribution >= 0.6 is 0 Å². The maximum atomic E-state index is 13.2. The highest BCUT2D eigenvalue weighted by Crippen LogP contribution is 2.37. The fourth-order valence-electron chi connectivity index (χ4n) is 8.36. The molecule has 9 rings (SSSR count). The highest BCUT2D eigenvalue weighted by Gasteiger charge is 2.30. The first-order chi connectivity index (χ1) is 29.0. The van der Waals surface area contributed by atoms with Gasteiger partial charge in [0.15, 0.2) is 5.82 Å². The Kier molecular flexibility index (Phi) is 10.4. The smallest absolute Gasteiger partial charge is 0.329 e. The number of amides is 4. The van der Waals surface area contributed by atoms with E-state index in [-0.39, 0.29) is 29.6 Å². The second-order valence-electron chi connectivity index (χ2n) is 16.9. The first-order valence-electron chi connectivity index (χ1n) is 20.7. The number of benzene rings is 2. The first-order valence-corrected chi connectivity index (χ1v) is 20.7. The van der Waals surface area contributed by atoms with Crippen molar-refractivity contribution in [2.24, 2.45) is 7.05 Å². The van der Waals surface area contributed by atoms with Crippen LogP contribution < -0.4 is 25.0 Å². The predicted molar refractivity (Wildman–Crippen MR) is 221 cm³/mol. The van der Waals surface area contributed by atoms with Crippen LogP contribution in [0.4, 0.5) is 10.6 Å². The average Bonchev–Trinajstić information content (AvgIpc) is 3.95. The van der Waals surface area contributed by atoms with Gasteiger partial charge in [0.2, 0.25) is 11.8 Å². The number of urea groups is 1. The van der Waals surface area contributed by atoms with E-state index < -0.39 is 11.9 Å². The molecular weight excluding hydrogens is 767 g/mol. The molecule has 1 unspecified atom stereocenters. The van der Waals surface area contributed by atoms with Gasteiger partial charge in [-0.15, -0.1) is 0 Å². The average molecular weight is 816 g/mol. The lowest BCUT2D eigenvalue weighted by Crippen LogP contribution is -2.49. The summed E-state index contributed by atoms with van der Waals surface area (Å²) in [7, 11) is 1.89. The molecule has 0 aliphatic carbocycles. The van der Waals surface area contributed by atoms with Crippen LogP contribution in [0.5, 0.6) is 11.5 Å². The van der Waals surface area contributed by atoms with Gasteiger partial charge in [0.25, 0.3) is 11.7 Å². The van der Waals surface area contributed by atoms with E-state index >= 15 is 0 Å². The Morgan fingerprint density at radius 3 is 2.68 bits per heavy atom. The predicted octanol–water partition coefficient (Wildman–Crippen LogP) is 5.70. The number of aromatic nitrogens is 7. The van der Waals surface area contributed by atoms with Gasteiger partial charge in [0, 0.05) is 54.6 Å². The van der Waals surface area contributed by atoms with E-state index in [2.05, 4.69) is 59.1 Å². The summed E-state index contributed by atoms with van der Waals surface area (Å²) in [4.78, 5) is 50.3. The Labute approximate surface area is 346 Å². The Morgan fingerprint density at radius 2 is 1.88 bits per heavy atom. The Hall–Kier alpha value is -6.36. The Balaban J connectivity index is 0.790. The van der Waals surface area contributed by atoms with Gasteiger partial charge in [-0.1, -0.05) is 44.1 Å². The number of ether oxygens (including phenoxy) is 2. The summed E-state index contributed by atoms with van der Waals surface area (Å²) in [6, 6.07) is 13.6. The minimum Gasteiger partial charge on any atom is -0.493 e. The molecule has 17 heteroatoms. The number of likely N-dealkylation sites (tertiary alicyclic amines) is 1. The van der Waals surface area contributed by atoms with Crippen LogP contribution in [0.25, 0.3) is 27.7 Å². The third kappa shape index (κ3) is 7.88. The molecule has 0 bridgehead atoms. The summed E-state index contributed by atoms with van der Waals surface area (Å²) < 4.78 is 21.4. The molecule has 0 saturated carbocycles. The van der Waals surface area contributed by atoms with E-state index in [1.807, 2.05) is 63.0 Å². The minimum atomic E-state index is -0.426. The molecule has 17 nitrogen and oxygen atoms in total. The molecule has 4 amide bonds. The summed E-state index contributed by atoms with van der Waals surface area (Å²) in [5.74, 6) is 2.22. The third-order valence-electron chi connectivity index (χ3n) is 11.6. The van der Waals surface area contributed by atoms with Crippen LogP contribution in [0.15, 0.2) is 59.5 Å². The van der Waals surface area contributed by atoms with Gasteiger partial charge < -0.3 is 24.2 Å². The normalized spacial score (nSPS) is 18.0. The standard InChI is InChI=1S/C43H49N11O6/c1-43(2,3)41-48-38(50-60-41)40(56)46-32-7-5-19-59-35-22-28(9-10-30(32)35)37-34-23-29(24-54(34)45-25-44-37)58-20-6-15-52-16-12-26(13-17-52)27-8-11-31-33(21-27)51(4)49-39(31)53-18-14-36(55)47-42(53)57/h8-11,21-26,32H,5-7,12-20H2,1-4H3,(H,46,56)(H,47,55,57). The largest absolute Gasteiger partial charge is 0.493 e. The van der Waals surface area contributed by atoms with E-state index in [0.29, 0.717) is 49.6 Å². The number of hydrogen-bond donors (Lipinski definition) is 2. The van der Waals surface area contributed by atoms with E-state index in [0.717, 1.165) is 84.3 Å². The number of rotatable bonds is 10. The molecule has 4 aromatic heterocycles. The van der Waals surface area contributed by atoms with Crippen molar-refractivity contribution in [3.05, 3.63) is 77.8 Å². The summed E-state index contributed by atoms with van der Waals surface area (Å²) in [6.07, 6.45) is 8.15. The summed E-state index contributed by atoms with van der Waals surface area (Å²) in [5.41, 5.74) is 5.20.